The van der Waals surface area contributed by atoms with E-state index in [9.17, 15) is 37.0 Å². The van der Waals surface area contributed by atoms with E-state index < -0.39 is 44.5 Å². The van der Waals surface area contributed by atoms with Crippen LogP contribution in [0.2, 0.25) is 0 Å². The molecular formula is C6HF9S. The second-order valence-corrected chi connectivity index (χ2v) is 5.11. The van der Waals surface area contributed by atoms with Crippen molar-refractivity contribution in [3.05, 3.63) is 29.3 Å². The highest BCUT2D eigenvalue weighted by Gasteiger charge is 2.69. The summed E-state index contributed by atoms with van der Waals surface area (Å²) in [5.74, 6) is -11.4. The van der Waals surface area contributed by atoms with E-state index in [0.717, 1.165) is 0 Å². The molecule has 0 saturated carbocycles. The molecule has 0 amide bonds. The minimum atomic E-state index is -10.8. The summed E-state index contributed by atoms with van der Waals surface area (Å²) in [5, 5.41) is 0. The largest absolute Gasteiger partial charge is 0.316 e. The molecule has 10 heteroatoms. The van der Waals surface area contributed by atoms with E-state index >= 15 is 0 Å². The zero-order chi connectivity index (χ0) is 13.0. The van der Waals surface area contributed by atoms with Crippen LogP contribution in [0.4, 0.5) is 37.0 Å². The monoisotopic (exact) mass is 276 g/mol. The van der Waals surface area contributed by atoms with Crippen LogP contribution in [0.5, 0.6) is 0 Å². The summed E-state index contributed by atoms with van der Waals surface area (Å²) in [4.78, 5) is -3.81. The fourth-order valence-electron chi connectivity index (χ4n) is 0.890. The molecule has 0 saturated heterocycles. The first-order valence-electron chi connectivity index (χ1n) is 3.31. The van der Waals surface area contributed by atoms with Gasteiger partial charge in [0.25, 0.3) is 0 Å². The standard InChI is InChI=1S/C6HF9S/c7-2-1-3(8)5(10)6(4(2)9)16(11,12,13,14)15/h1H. The quantitative estimate of drug-likeness (QED) is 0.505. The van der Waals surface area contributed by atoms with Gasteiger partial charge >= 0.3 is 10.2 Å². The summed E-state index contributed by atoms with van der Waals surface area (Å²) in [6, 6.07) is -0.600. The first-order valence-corrected chi connectivity index (χ1v) is 5.26. The molecule has 0 aliphatic heterocycles. The van der Waals surface area contributed by atoms with Crippen LogP contribution in [-0.2, 0) is 0 Å². The molecule has 16 heavy (non-hydrogen) atoms. The van der Waals surface area contributed by atoms with Gasteiger partial charge in [-0.05, 0) is 0 Å². The van der Waals surface area contributed by atoms with Crippen LogP contribution in [0.25, 0.3) is 0 Å². The van der Waals surface area contributed by atoms with Gasteiger partial charge in [0.1, 0.15) is 0 Å². The summed E-state index contributed by atoms with van der Waals surface area (Å²) >= 11 is 0. The second kappa shape index (κ2) is 2.60. The van der Waals surface area contributed by atoms with E-state index in [4.69, 9.17) is 0 Å². The number of halogens is 9. The minimum absolute atomic E-state index is 0.600. The smallest absolute Gasteiger partial charge is 0.204 e. The van der Waals surface area contributed by atoms with Gasteiger partial charge in [-0.25, -0.2) is 17.6 Å². The zero-order valence-electron chi connectivity index (χ0n) is 6.89. The molecule has 0 N–H and O–H groups in total. The summed E-state index contributed by atoms with van der Waals surface area (Å²) in [7, 11) is -10.8. The van der Waals surface area contributed by atoms with Gasteiger partial charge in [0.15, 0.2) is 28.2 Å². The third-order valence-electron chi connectivity index (χ3n) is 1.46. The number of benzene rings is 1. The van der Waals surface area contributed by atoms with Crippen molar-refractivity contribution in [1.29, 1.82) is 0 Å². The topological polar surface area (TPSA) is 0 Å². The van der Waals surface area contributed by atoms with E-state index in [2.05, 4.69) is 0 Å². The molecule has 0 aliphatic rings. The third kappa shape index (κ3) is 2.20. The lowest BCUT2D eigenvalue weighted by molar-refractivity contribution is 0.329. The molecule has 0 spiro atoms. The van der Waals surface area contributed by atoms with Crippen molar-refractivity contribution >= 4 is 10.2 Å². The Bertz CT molecular complexity index is 432. The van der Waals surface area contributed by atoms with Gasteiger partial charge < -0.3 is 0 Å². The maximum Gasteiger partial charge on any atom is 0.316 e. The van der Waals surface area contributed by atoms with Crippen LogP contribution in [0.3, 0.4) is 0 Å². The van der Waals surface area contributed by atoms with Gasteiger partial charge in [0.05, 0.1) is 0 Å². The highest BCUT2D eigenvalue weighted by Crippen LogP contribution is 3.02. The molecule has 0 bridgehead atoms. The Morgan fingerprint density at radius 3 is 1.25 bits per heavy atom. The van der Waals surface area contributed by atoms with Crippen LogP contribution in [0, 0.1) is 23.3 Å². The second-order valence-electron chi connectivity index (χ2n) is 2.77. The molecule has 0 aliphatic carbocycles. The van der Waals surface area contributed by atoms with Crippen LogP contribution < -0.4 is 0 Å². The summed E-state index contributed by atoms with van der Waals surface area (Å²) in [6.07, 6.45) is 0. The number of hydrogen-bond acceptors (Lipinski definition) is 0. The molecule has 94 valence electrons. The minimum Gasteiger partial charge on any atom is -0.204 e. The average Bonchev–Trinajstić information content (AvgIpc) is 1.95. The Labute approximate surface area is 82.4 Å². The molecular weight excluding hydrogens is 275 g/mol. The Morgan fingerprint density at radius 1 is 0.688 bits per heavy atom. The Balaban J connectivity index is 3.86. The SMILES string of the molecule is Fc1cc(F)c(F)c(S(F)(F)(F)(F)F)c1F. The van der Waals surface area contributed by atoms with Crippen molar-refractivity contribution in [2.45, 2.75) is 4.90 Å². The van der Waals surface area contributed by atoms with Gasteiger partial charge in [-0.2, -0.15) is 0 Å². The molecule has 0 aromatic heterocycles. The van der Waals surface area contributed by atoms with Crippen LogP contribution in [0.1, 0.15) is 0 Å². The third-order valence-corrected chi connectivity index (χ3v) is 2.59. The van der Waals surface area contributed by atoms with Gasteiger partial charge in [-0.1, -0.05) is 19.4 Å². The molecule has 1 rings (SSSR count). The predicted molar refractivity (Wildman–Crippen MR) is 37.7 cm³/mol. The van der Waals surface area contributed by atoms with Crippen LogP contribution in [0.15, 0.2) is 11.0 Å². The predicted octanol–water partition coefficient (Wildman–Crippen LogP) is 4.90. The first-order chi connectivity index (χ1) is 6.74. The average molecular weight is 276 g/mol. The summed E-state index contributed by atoms with van der Waals surface area (Å²) in [5.41, 5.74) is 0. The number of hydrogen-bond donors (Lipinski definition) is 0. The lowest BCUT2D eigenvalue weighted by Gasteiger charge is -2.40. The van der Waals surface area contributed by atoms with Crippen LogP contribution >= 0.6 is 10.2 Å². The molecule has 0 unspecified atom stereocenters. The lowest BCUT2D eigenvalue weighted by Crippen LogP contribution is -2.14. The van der Waals surface area contributed by atoms with Crippen molar-refractivity contribution < 1.29 is 37.0 Å². The van der Waals surface area contributed by atoms with E-state index in [1.165, 1.54) is 0 Å². The van der Waals surface area contributed by atoms with Crippen molar-refractivity contribution in [3.63, 3.8) is 0 Å². The van der Waals surface area contributed by atoms with Gasteiger partial charge in [-0.15, -0.1) is 0 Å². The van der Waals surface area contributed by atoms with E-state index in [1.807, 2.05) is 0 Å². The normalized spacial score (nSPS) is 16.8. The van der Waals surface area contributed by atoms with Crippen molar-refractivity contribution in [2.75, 3.05) is 0 Å². The van der Waals surface area contributed by atoms with Gasteiger partial charge in [0, 0.05) is 6.07 Å². The summed E-state index contributed by atoms with van der Waals surface area (Å²) in [6.45, 7) is 0. The van der Waals surface area contributed by atoms with E-state index in [0.29, 0.717) is 0 Å². The van der Waals surface area contributed by atoms with Crippen molar-refractivity contribution in [1.82, 2.24) is 0 Å². The van der Waals surface area contributed by atoms with Crippen LogP contribution in [-0.4, -0.2) is 0 Å². The molecule has 1 aromatic carbocycles. The maximum atomic E-state index is 12.5. The Hall–Kier alpha value is -1.06. The van der Waals surface area contributed by atoms with Gasteiger partial charge in [-0.3, -0.25) is 0 Å². The fraction of sp³-hybridized carbons (Fsp3) is 0. The molecule has 0 fully saturated rings. The van der Waals surface area contributed by atoms with Crippen molar-refractivity contribution in [2.24, 2.45) is 0 Å². The summed E-state index contributed by atoms with van der Waals surface area (Å²) < 4.78 is 110. The maximum absolute atomic E-state index is 12.5. The fourth-order valence-corrected chi connectivity index (χ4v) is 1.76. The molecule has 0 atom stereocenters. The van der Waals surface area contributed by atoms with E-state index in [-0.39, 0.29) is 0 Å². The molecule has 1 aromatic rings. The molecule has 0 nitrogen and oxygen atoms in total. The lowest BCUT2D eigenvalue weighted by atomic mass is 10.3. The molecule has 0 heterocycles. The first kappa shape index (κ1) is 13.0. The number of rotatable bonds is 1. The van der Waals surface area contributed by atoms with E-state index in [1.54, 1.807) is 0 Å². The highest BCUT2D eigenvalue weighted by molar-refractivity contribution is 8.45. The van der Waals surface area contributed by atoms with Gasteiger partial charge in [0.2, 0.25) is 0 Å². The highest BCUT2D eigenvalue weighted by atomic mass is 32.5. The Kier molecular flexibility index (Phi) is 2.12. The zero-order valence-corrected chi connectivity index (χ0v) is 7.70. The molecule has 0 radical (unpaired) electrons. The van der Waals surface area contributed by atoms with Crippen molar-refractivity contribution in [3.8, 4) is 0 Å². The Morgan fingerprint density at radius 2 is 1.00 bits per heavy atom.